The number of hydrogen-bond acceptors (Lipinski definition) is 3. The molecule has 1 aliphatic rings. The van der Waals surface area contributed by atoms with Crippen molar-refractivity contribution in [1.29, 1.82) is 0 Å². The predicted molar refractivity (Wildman–Crippen MR) is 91.8 cm³/mol. The fourth-order valence-electron chi connectivity index (χ4n) is 3.11. The lowest BCUT2D eigenvalue weighted by Gasteiger charge is -2.32. The van der Waals surface area contributed by atoms with Crippen LogP contribution < -0.4 is 0 Å². The molecule has 1 unspecified atom stereocenters. The first-order valence-electron chi connectivity index (χ1n) is 8.21. The lowest BCUT2D eigenvalue weighted by atomic mass is 9.98. The van der Waals surface area contributed by atoms with Crippen LogP contribution in [0.15, 0.2) is 24.3 Å². The number of amides is 1. The number of carbonyl (C=O) groups excluding carboxylic acids is 1. The minimum atomic E-state index is -0.375. The lowest BCUT2D eigenvalue weighted by molar-refractivity contribution is 0.0501. The number of rotatable bonds is 4. The second-order valence-electron chi connectivity index (χ2n) is 6.08. The van der Waals surface area contributed by atoms with E-state index >= 15 is 0 Å². The topological polar surface area (TPSA) is 42.4 Å². The molecule has 2 heterocycles. The second-order valence-corrected chi connectivity index (χ2v) is 6.44. The van der Waals surface area contributed by atoms with E-state index in [-0.39, 0.29) is 16.9 Å². The van der Waals surface area contributed by atoms with Crippen molar-refractivity contribution in [3.05, 3.63) is 40.8 Å². The number of halogens is 2. The van der Waals surface area contributed by atoms with Gasteiger partial charge in [-0.15, -0.1) is 0 Å². The molecule has 1 atom stereocenters. The molecule has 24 heavy (non-hydrogen) atoms. The summed E-state index contributed by atoms with van der Waals surface area (Å²) in [4.78, 5) is 18.8. The van der Waals surface area contributed by atoms with Crippen molar-refractivity contribution in [3.8, 4) is 0 Å². The van der Waals surface area contributed by atoms with Crippen LogP contribution >= 0.6 is 11.6 Å². The minimum Gasteiger partial charge on any atom is -0.381 e. The number of fused-ring (bicyclic) bond motifs is 1. The highest BCUT2D eigenvalue weighted by molar-refractivity contribution is 6.33. The van der Waals surface area contributed by atoms with Gasteiger partial charge in [-0.05, 0) is 43.9 Å². The Labute approximate surface area is 145 Å². The van der Waals surface area contributed by atoms with E-state index in [1.165, 1.54) is 12.1 Å². The fourth-order valence-corrected chi connectivity index (χ4v) is 3.33. The molecule has 4 nitrogen and oxygen atoms in total. The molecular formula is C18H20ClFN2O2. The molecule has 1 aliphatic heterocycles. The minimum absolute atomic E-state index is 0.116. The van der Waals surface area contributed by atoms with Crippen LogP contribution in [0.5, 0.6) is 0 Å². The Balaban J connectivity index is 1.82. The van der Waals surface area contributed by atoms with Crippen LogP contribution in [0.25, 0.3) is 10.9 Å². The number of nitrogens with zero attached hydrogens (tertiary/aromatic N) is 2. The Hall–Kier alpha value is -1.72. The predicted octanol–water partition coefficient (Wildman–Crippen LogP) is 3.92. The molecular weight excluding hydrogens is 331 g/mol. The van der Waals surface area contributed by atoms with Crippen molar-refractivity contribution in [2.45, 2.75) is 19.8 Å². The average Bonchev–Trinajstić information content (AvgIpc) is 2.59. The van der Waals surface area contributed by atoms with E-state index in [1.54, 1.807) is 12.1 Å². The summed E-state index contributed by atoms with van der Waals surface area (Å²) < 4.78 is 18.8. The molecule has 0 saturated carbocycles. The van der Waals surface area contributed by atoms with E-state index in [9.17, 15) is 9.18 Å². The zero-order chi connectivity index (χ0) is 17.1. The molecule has 1 saturated heterocycles. The second kappa shape index (κ2) is 7.45. The van der Waals surface area contributed by atoms with Gasteiger partial charge in [0.1, 0.15) is 11.0 Å². The number of likely N-dealkylation sites (tertiary alicyclic amines) is 1. The molecule has 1 aromatic carbocycles. The Kier molecular flexibility index (Phi) is 5.31. The lowest BCUT2D eigenvalue weighted by Crippen LogP contribution is -2.41. The largest absolute Gasteiger partial charge is 0.381 e. The first-order chi connectivity index (χ1) is 11.6. The van der Waals surface area contributed by atoms with Gasteiger partial charge in [-0.25, -0.2) is 9.37 Å². The third kappa shape index (κ3) is 3.68. The smallest absolute Gasteiger partial charge is 0.257 e. The highest BCUT2D eigenvalue weighted by Gasteiger charge is 2.26. The number of pyridine rings is 1. The summed E-state index contributed by atoms with van der Waals surface area (Å²) in [6.45, 7) is 4.69. The normalized spacial score (nSPS) is 18.1. The summed E-state index contributed by atoms with van der Waals surface area (Å²) in [5.41, 5.74) is 0.817. The standard InChI is InChI=1S/C18H20ClFN2O2/c1-2-24-11-12-4-3-7-22(10-12)18(23)15-8-13-5-6-14(20)9-16(13)21-17(15)19/h5-6,8-9,12H,2-4,7,10-11H2,1H3. The van der Waals surface area contributed by atoms with Gasteiger partial charge in [-0.2, -0.15) is 0 Å². The summed E-state index contributed by atoms with van der Waals surface area (Å²) in [6.07, 6.45) is 2.01. The van der Waals surface area contributed by atoms with Gasteiger partial charge in [0.15, 0.2) is 0 Å². The van der Waals surface area contributed by atoms with E-state index in [4.69, 9.17) is 16.3 Å². The first-order valence-corrected chi connectivity index (χ1v) is 8.59. The van der Waals surface area contributed by atoms with Crippen molar-refractivity contribution in [3.63, 3.8) is 0 Å². The molecule has 1 fully saturated rings. The van der Waals surface area contributed by atoms with Gasteiger partial charge in [0, 0.05) is 31.1 Å². The van der Waals surface area contributed by atoms with Crippen molar-refractivity contribution in [2.24, 2.45) is 5.92 Å². The molecule has 0 aliphatic carbocycles. The van der Waals surface area contributed by atoms with Crippen molar-refractivity contribution in [2.75, 3.05) is 26.3 Å². The Morgan fingerprint density at radius 1 is 1.46 bits per heavy atom. The van der Waals surface area contributed by atoms with Crippen LogP contribution in [-0.4, -0.2) is 42.1 Å². The van der Waals surface area contributed by atoms with E-state index < -0.39 is 0 Å². The fraction of sp³-hybridized carbons (Fsp3) is 0.444. The zero-order valence-electron chi connectivity index (χ0n) is 13.6. The number of ether oxygens (including phenoxy) is 1. The average molecular weight is 351 g/mol. The van der Waals surface area contributed by atoms with Crippen LogP contribution in [0, 0.1) is 11.7 Å². The molecule has 0 N–H and O–H groups in total. The summed E-state index contributed by atoms with van der Waals surface area (Å²) in [5.74, 6) is -0.149. The van der Waals surface area contributed by atoms with Gasteiger partial charge in [0.05, 0.1) is 17.7 Å². The molecule has 0 radical (unpaired) electrons. The number of aromatic nitrogens is 1. The molecule has 6 heteroatoms. The maximum Gasteiger partial charge on any atom is 0.257 e. The van der Waals surface area contributed by atoms with Crippen LogP contribution in [0.1, 0.15) is 30.1 Å². The highest BCUT2D eigenvalue weighted by atomic mass is 35.5. The molecule has 1 aromatic heterocycles. The zero-order valence-corrected chi connectivity index (χ0v) is 14.4. The van der Waals surface area contributed by atoms with Gasteiger partial charge in [0.2, 0.25) is 0 Å². The van der Waals surface area contributed by atoms with Crippen LogP contribution in [0.2, 0.25) is 5.15 Å². The Morgan fingerprint density at radius 3 is 3.08 bits per heavy atom. The summed E-state index contributed by atoms with van der Waals surface area (Å²) in [7, 11) is 0. The number of carbonyl (C=O) groups is 1. The number of benzene rings is 1. The van der Waals surface area contributed by atoms with E-state index in [0.29, 0.717) is 48.7 Å². The van der Waals surface area contributed by atoms with Gasteiger partial charge < -0.3 is 9.64 Å². The number of hydrogen-bond donors (Lipinski definition) is 0. The van der Waals surface area contributed by atoms with E-state index in [0.717, 1.165) is 12.8 Å². The van der Waals surface area contributed by atoms with Crippen molar-refractivity contribution >= 4 is 28.4 Å². The SMILES string of the molecule is CCOCC1CCCN(C(=O)c2cc3ccc(F)cc3nc2Cl)C1. The van der Waals surface area contributed by atoms with E-state index in [2.05, 4.69) is 4.98 Å². The summed E-state index contributed by atoms with van der Waals surface area (Å²) >= 11 is 6.18. The highest BCUT2D eigenvalue weighted by Crippen LogP contribution is 2.25. The van der Waals surface area contributed by atoms with Crippen molar-refractivity contribution in [1.82, 2.24) is 9.88 Å². The number of piperidine rings is 1. The van der Waals surface area contributed by atoms with Gasteiger partial charge >= 0.3 is 0 Å². The molecule has 0 spiro atoms. The quantitative estimate of drug-likeness (QED) is 0.785. The molecule has 3 rings (SSSR count). The summed E-state index contributed by atoms with van der Waals surface area (Å²) in [5, 5.41) is 0.817. The third-order valence-electron chi connectivity index (χ3n) is 4.33. The monoisotopic (exact) mass is 350 g/mol. The molecule has 0 bridgehead atoms. The van der Waals surface area contributed by atoms with Crippen LogP contribution in [0.4, 0.5) is 4.39 Å². The van der Waals surface area contributed by atoms with E-state index in [1.807, 2.05) is 11.8 Å². The van der Waals surface area contributed by atoms with Crippen molar-refractivity contribution < 1.29 is 13.9 Å². The maximum absolute atomic E-state index is 13.3. The Bertz CT molecular complexity index is 753. The maximum atomic E-state index is 13.3. The van der Waals surface area contributed by atoms with Gasteiger partial charge in [-0.3, -0.25) is 4.79 Å². The van der Waals surface area contributed by atoms with Gasteiger partial charge in [-0.1, -0.05) is 11.6 Å². The van der Waals surface area contributed by atoms with Crippen LogP contribution in [0.3, 0.4) is 0 Å². The van der Waals surface area contributed by atoms with Gasteiger partial charge in [0.25, 0.3) is 5.91 Å². The third-order valence-corrected chi connectivity index (χ3v) is 4.62. The molecule has 128 valence electrons. The Morgan fingerprint density at radius 2 is 2.29 bits per heavy atom. The first kappa shape index (κ1) is 17.1. The molecule has 1 amide bonds. The van der Waals surface area contributed by atoms with Crippen LogP contribution in [-0.2, 0) is 4.74 Å². The summed E-state index contributed by atoms with van der Waals surface area (Å²) in [6, 6.07) is 5.97. The molecule has 2 aromatic rings.